The van der Waals surface area contributed by atoms with Crippen molar-refractivity contribution < 1.29 is 19.3 Å². The Morgan fingerprint density at radius 2 is 1.84 bits per heavy atom. The minimum absolute atomic E-state index is 0.140. The molecule has 0 radical (unpaired) electrons. The normalized spacial score (nSPS) is 40.3. The summed E-state index contributed by atoms with van der Waals surface area (Å²) in [5, 5.41) is 10.2. The third-order valence-corrected chi connectivity index (χ3v) is 4.19. The molecule has 1 N–H and O–H groups in total. The lowest BCUT2D eigenvalue weighted by Gasteiger charge is -2.40. The molecule has 0 aromatic rings. The zero-order chi connectivity index (χ0) is 13.7. The molecule has 4 heteroatoms. The van der Waals surface area contributed by atoms with Gasteiger partial charge in [-0.2, -0.15) is 0 Å². The number of ether oxygens (including phenoxy) is 3. The van der Waals surface area contributed by atoms with Crippen LogP contribution < -0.4 is 0 Å². The van der Waals surface area contributed by atoms with E-state index in [2.05, 4.69) is 13.8 Å². The summed E-state index contributed by atoms with van der Waals surface area (Å²) in [6.07, 6.45) is 5.47. The Labute approximate surface area is 116 Å². The van der Waals surface area contributed by atoms with E-state index in [1.807, 2.05) is 0 Å². The van der Waals surface area contributed by atoms with Gasteiger partial charge in [0.25, 0.3) is 0 Å². The van der Waals surface area contributed by atoms with Gasteiger partial charge in [-0.3, -0.25) is 0 Å². The van der Waals surface area contributed by atoms with Gasteiger partial charge < -0.3 is 19.3 Å². The van der Waals surface area contributed by atoms with Gasteiger partial charge in [-0.1, -0.05) is 26.7 Å². The van der Waals surface area contributed by atoms with Crippen molar-refractivity contribution in [3.8, 4) is 0 Å². The summed E-state index contributed by atoms with van der Waals surface area (Å²) < 4.78 is 17.3. The first-order valence-electron chi connectivity index (χ1n) is 7.76. The highest BCUT2D eigenvalue weighted by molar-refractivity contribution is 4.79. The van der Waals surface area contributed by atoms with Crippen LogP contribution in [0, 0.1) is 11.8 Å². The second-order valence-corrected chi connectivity index (χ2v) is 6.00. The lowest BCUT2D eigenvalue weighted by molar-refractivity contribution is -0.285. The second kappa shape index (κ2) is 7.02. The molecule has 19 heavy (non-hydrogen) atoms. The molecule has 4 nitrogen and oxygen atoms in total. The van der Waals surface area contributed by atoms with Crippen molar-refractivity contribution in [2.45, 2.75) is 64.4 Å². The molecular weight excluding hydrogens is 244 g/mol. The molecule has 0 bridgehead atoms. The number of hydrogen-bond donors (Lipinski definition) is 1. The molecule has 0 aromatic carbocycles. The van der Waals surface area contributed by atoms with Crippen molar-refractivity contribution in [3.63, 3.8) is 0 Å². The predicted molar refractivity (Wildman–Crippen MR) is 72.6 cm³/mol. The Morgan fingerprint density at radius 3 is 2.37 bits per heavy atom. The van der Waals surface area contributed by atoms with Crippen LogP contribution >= 0.6 is 0 Å². The van der Waals surface area contributed by atoms with Crippen LogP contribution in [0.2, 0.25) is 0 Å². The molecule has 2 saturated heterocycles. The fraction of sp³-hybridized carbons (Fsp3) is 1.00. The zero-order valence-corrected chi connectivity index (χ0v) is 12.3. The molecule has 0 saturated carbocycles. The van der Waals surface area contributed by atoms with E-state index < -0.39 is 5.79 Å². The van der Waals surface area contributed by atoms with Crippen LogP contribution in [-0.2, 0) is 14.2 Å². The highest BCUT2D eigenvalue weighted by atomic mass is 16.7. The molecule has 2 atom stereocenters. The van der Waals surface area contributed by atoms with Crippen LogP contribution in [0.1, 0.15) is 52.4 Å². The van der Waals surface area contributed by atoms with Crippen LogP contribution in [0.15, 0.2) is 0 Å². The molecule has 2 heterocycles. The molecule has 0 amide bonds. The number of rotatable bonds is 5. The summed E-state index contributed by atoms with van der Waals surface area (Å²) in [4.78, 5) is 0. The summed E-state index contributed by atoms with van der Waals surface area (Å²) in [5.74, 6) is -0.104. The monoisotopic (exact) mass is 272 g/mol. The molecular formula is C15H28O4. The van der Waals surface area contributed by atoms with E-state index in [1.54, 1.807) is 0 Å². The predicted octanol–water partition coefficient (Wildman–Crippen LogP) is 2.69. The van der Waals surface area contributed by atoms with Crippen molar-refractivity contribution in [1.82, 2.24) is 0 Å². The molecule has 112 valence electrons. The van der Waals surface area contributed by atoms with E-state index in [0.29, 0.717) is 25.4 Å². The first kappa shape index (κ1) is 15.2. The van der Waals surface area contributed by atoms with E-state index in [0.717, 1.165) is 26.1 Å². The molecule has 2 rings (SSSR count). The summed E-state index contributed by atoms with van der Waals surface area (Å²) in [5.41, 5.74) is 0. The van der Waals surface area contributed by atoms with Gasteiger partial charge in [0.2, 0.25) is 0 Å². The van der Waals surface area contributed by atoms with Crippen molar-refractivity contribution >= 4 is 0 Å². The largest absolute Gasteiger partial charge is 0.365 e. The maximum atomic E-state index is 10.2. The van der Waals surface area contributed by atoms with Gasteiger partial charge in [-0.25, -0.2) is 0 Å². The fourth-order valence-corrected chi connectivity index (χ4v) is 3.04. The van der Waals surface area contributed by atoms with Crippen molar-refractivity contribution in [2.75, 3.05) is 19.8 Å². The van der Waals surface area contributed by atoms with Gasteiger partial charge in [-0.05, 0) is 12.8 Å². The summed E-state index contributed by atoms with van der Waals surface area (Å²) in [6.45, 7) is 6.40. The Hall–Kier alpha value is -0.160. The minimum atomic E-state index is -0.912. The summed E-state index contributed by atoms with van der Waals surface area (Å²) in [7, 11) is 0. The van der Waals surface area contributed by atoms with Crippen molar-refractivity contribution in [3.05, 3.63) is 0 Å². The van der Waals surface area contributed by atoms with Crippen LogP contribution in [0.5, 0.6) is 0 Å². The summed E-state index contributed by atoms with van der Waals surface area (Å²) >= 11 is 0. The minimum Gasteiger partial charge on any atom is -0.365 e. The number of hydrogen-bond acceptors (Lipinski definition) is 4. The molecule has 0 aliphatic carbocycles. The highest BCUT2D eigenvalue weighted by Gasteiger charge is 2.38. The SMILES string of the molecule is CCCC1COC(C2CCC(O)(CCC)OC2)OC1. The lowest BCUT2D eigenvalue weighted by atomic mass is 9.93. The van der Waals surface area contributed by atoms with E-state index in [1.165, 1.54) is 12.8 Å². The third-order valence-electron chi connectivity index (χ3n) is 4.19. The Balaban J connectivity index is 1.73. The molecule has 2 aliphatic rings. The van der Waals surface area contributed by atoms with Gasteiger partial charge >= 0.3 is 0 Å². The Kier molecular flexibility index (Phi) is 5.63. The third kappa shape index (κ3) is 4.15. The van der Waals surface area contributed by atoms with Crippen LogP contribution in [0.3, 0.4) is 0 Å². The van der Waals surface area contributed by atoms with Gasteiger partial charge in [0.15, 0.2) is 12.1 Å². The van der Waals surface area contributed by atoms with Gasteiger partial charge in [0, 0.05) is 24.7 Å². The Bertz CT molecular complexity index is 253. The van der Waals surface area contributed by atoms with Crippen molar-refractivity contribution in [2.24, 2.45) is 11.8 Å². The standard InChI is InChI=1S/C15H28O4/c1-3-5-12-9-17-14(18-10-12)13-6-8-15(16,7-4-2)19-11-13/h12-14,16H,3-11H2,1-2H3. The van der Waals surface area contributed by atoms with E-state index >= 15 is 0 Å². The molecule has 2 unspecified atom stereocenters. The maximum Gasteiger partial charge on any atom is 0.165 e. The first-order chi connectivity index (χ1) is 9.17. The zero-order valence-electron chi connectivity index (χ0n) is 12.3. The van der Waals surface area contributed by atoms with E-state index in [-0.39, 0.29) is 12.2 Å². The average Bonchev–Trinajstić information content (AvgIpc) is 2.41. The second-order valence-electron chi connectivity index (χ2n) is 6.00. The number of aliphatic hydroxyl groups is 1. The highest BCUT2D eigenvalue weighted by Crippen LogP contribution is 2.33. The quantitative estimate of drug-likeness (QED) is 0.836. The van der Waals surface area contributed by atoms with Gasteiger partial charge in [0.1, 0.15) is 0 Å². The average molecular weight is 272 g/mol. The van der Waals surface area contributed by atoms with Crippen LogP contribution in [0.25, 0.3) is 0 Å². The molecule has 2 fully saturated rings. The van der Waals surface area contributed by atoms with E-state index in [4.69, 9.17) is 14.2 Å². The lowest BCUT2D eigenvalue weighted by Crippen LogP contribution is -2.45. The molecule has 2 aliphatic heterocycles. The first-order valence-corrected chi connectivity index (χ1v) is 7.76. The summed E-state index contributed by atoms with van der Waals surface area (Å²) in [6, 6.07) is 0. The van der Waals surface area contributed by atoms with Crippen LogP contribution in [-0.4, -0.2) is 37.0 Å². The van der Waals surface area contributed by atoms with Crippen LogP contribution in [0.4, 0.5) is 0 Å². The van der Waals surface area contributed by atoms with Gasteiger partial charge in [0.05, 0.1) is 19.8 Å². The molecule has 0 aromatic heterocycles. The van der Waals surface area contributed by atoms with E-state index in [9.17, 15) is 5.11 Å². The fourth-order valence-electron chi connectivity index (χ4n) is 3.04. The van der Waals surface area contributed by atoms with Gasteiger partial charge in [-0.15, -0.1) is 0 Å². The topological polar surface area (TPSA) is 47.9 Å². The maximum absolute atomic E-state index is 10.2. The molecule has 0 spiro atoms. The Morgan fingerprint density at radius 1 is 1.11 bits per heavy atom. The van der Waals surface area contributed by atoms with Crippen molar-refractivity contribution in [1.29, 1.82) is 0 Å². The smallest absolute Gasteiger partial charge is 0.165 e.